The maximum Gasteiger partial charge on any atom is 0.0898 e. The molecule has 0 radical (unpaired) electrons. The second-order valence-corrected chi connectivity index (χ2v) is 10.4. The predicted molar refractivity (Wildman–Crippen MR) is 142 cm³/mol. The van der Waals surface area contributed by atoms with Gasteiger partial charge in [-0.1, -0.05) is 90.9 Å². The average molecular weight is 709 g/mol. The third-order valence-electron chi connectivity index (χ3n) is 7.39. The zero-order chi connectivity index (χ0) is 23.0. The minimum absolute atomic E-state index is 0. The number of hydrogen-bond donors (Lipinski definition) is 4. The lowest BCUT2D eigenvalue weighted by atomic mass is 10.1. The first-order chi connectivity index (χ1) is 15.9. The minimum atomic E-state index is 0. The average Bonchev–Trinajstić information content (AvgIpc) is 2.84. The molecule has 4 nitrogen and oxygen atoms in total. The largest absolute Gasteiger partial charge is 1.00 e. The molecule has 0 aromatic heterocycles. The normalized spacial score (nSPS) is 16.8. The Kier molecular flexibility index (Phi) is 33.6. The molecule has 2 fully saturated rings. The Morgan fingerprint density at radius 3 is 0.971 bits per heavy atom. The highest BCUT2D eigenvalue weighted by atomic mass is 127. The van der Waals surface area contributed by atoms with Crippen molar-refractivity contribution in [2.24, 2.45) is 0 Å². The van der Waals surface area contributed by atoms with Gasteiger partial charge in [-0.3, -0.25) is 0 Å². The van der Waals surface area contributed by atoms with Crippen molar-refractivity contribution in [3.05, 3.63) is 0 Å². The Labute approximate surface area is 248 Å². The van der Waals surface area contributed by atoms with Gasteiger partial charge in [0.2, 0.25) is 0 Å². The fraction of sp³-hybridized carbons (Fsp3) is 1.00. The van der Waals surface area contributed by atoms with Gasteiger partial charge in [-0.05, 0) is 25.7 Å². The van der Waals surface area contributed by atoms with E-state index in [1.54, 1.807) is 0 Å². The molecule has 2 heterocycles. The van der Waals surface area contributed by atoms with Crippen LogP contribution in [0.1, 0.15) is 117 Å². The highest BCUT2D eigenvalue weighted by Crippen LogP contribution is 2.08. The molecule has 0 atom stereocenters. The van der Waals surface area contributed by atoms with Gasteiger partial charge >= 0.3 is 0 Å². The zero-order valence-corrected chi connectivity index (χ0v) is 27.5. The smallest absolute Gasteiger partial charge is 0.0898 e. The standard InChI is InChI=1S/2C14H30N2.2HI/c2*1-2-3-4-5-6-7-8-9-12-16-13-10-15-11-14-16;;/h2*15H,2-14H2,1H3;2*1H. The molecule has 6 heteroatoms. The third kappa shape index (κ3) is 25.0. The summed E-state index contributed by atoms with van der Waals surface area (Å²) in [7, 11) is 0. The lowest BCUT2D eigenvalue weighted by Crippen LogP contribution is -3.14. The summed E-state index contributed by atoms with van der Waals surface area (Å²) in [5.41, 5.74) is 0. The first-order valence-electron chi connectivity index (χ1n) is 14.9. The van der Waals surface area contributed by atoms with Gasteiger partial charge in [-0.15, -0.1) is 0 Å². The van der Waals surface area contributed by atoms with Crippen LogP contribution < -0.4 is 68.4 Å². The molecule has 4 N–H and O–H groups in total. The Morgan fingerprint density at radius 1 is 0.412 bits per heavy atom. The fourth-order valence-corrected chi connectivity index (χ4v) is 5.08. The van der Waals surface area contributed by atoms with E-state index in [1.807, 2.05) is 9.80 Å². The van der Waals surface area contributed by atoms with Gasteiger partial charge in [-0.2, -0.15) is 0 Å². The summed E-state index contributed by atoms with van der Waals surface area (Å²) >= 11 is 0. The molecule has 0 aliphatic carbocycles. The van der Waals surface area contributed by atoms with Gasteiger partial charge in [-0.25, -0.2) is 0 Å². The molecule has 2 rings (SSSR count). The third-order valence-corrected chi connectivity index (χ3v) is 7.39. The van der Waals surface area contributed by atoms with Crippen molar-refractivity contribution in [3.63, 3.8) is 0 Å². The van der Waals surface area contributed by atoms with E-state index >= 15 is 0 Å². The van der Waals surface area contributed by atoms with Crippen molar-refractivity contribution in [3.8, 4) is 0 Å². The molecule has 0 aromatic rings. The molecule has 0 bridgehead atoms. The second kappa shape index (κ2) is 30.5. The Balaban J connectivity index is 0. The van der Waals surface area contributed by atoms with Gasteiger partial charge in [0.1, 0.15) is 0 Å². The maximum atomic E-state index is 3.42. The van der Waals surface area contributed by atoms with E-state index in [0.29, 0.717) is 0 Å². The van der Waals surface area contributed by atoms with E-state index in [9.17, 15) is 0 Å². The summed E-state index contributed by atoms with van der Waals surface area (Å²) in [5.74, 6) is 0. The van der Waals surface area contributed by atoms with E-state index in [1.165, 1.54) is 168 Å². The molecule has 0 spiro atoms. The maximum absolute atomic E-state index is 3.42. The van der Waals surface area contributed by atoms with Crippen molar-refractivity contribution < 1.29 is 57.8 Å². The van der Waals surface area contributed by atoms with Crippen molar-refractivity contribution in [1.82, 2.24) is 10.6 Å². The molecule has 0 unspecified atom stereocenters. The topological polar surface area (TPSA) is 32.9 Å². The second-order valence-electron chi connectivity index (χ2n) is 10.4. The molecule has 0 aromatic carbocycles. The quantitative estimate of drug-likeness (QED) is 0.0921. The summed E-state index contributed by atoms with van der Waals surface area (Å²) in [6.07, 6.45) is 23.1. The van der Waals surface area contributed by atoms with Crippen LogP contribution in [0.2, 0.25) is 0 Å². The molecule has 2 saturated heterocycles. The molecular formula is C28H62I2N4. The molecule has 34 heavy (non-hydrogen) atoms. The number of nitrogens with one attached hydrogen (secondary N) is 4. The van der Waals surface area contributed by atoms with Crippen molar-refractivity contribution >= 4 is 0 Å². The van der Waals surface area contributed by atoms with Crippen molar-refractivity contribution in [2.75, 3.05) is 65.4 Å². The number of rotatable bonds is 18. The van der Waals surface area contributed by atoms with Crippen molar-refractivity contribution in [1.29, 1.82) is 0 Å². The van der Waals surface area contributed by atoms with Crippen LogP contribution in [0.25, 0.3) is 0 Å². The number of unbranched alkanes of at least 4 members (excludes halogenated alkanes) is 14. The van der Waals surface area contributed by atoms with Crippen LogP contribution in [-0.2, 0) is 0 Å². The molecular weight excluding hydrogens is 646 g/mol. The van der Waals surface area contributed by atoms with Crippen LogP contribution in [-0.4, -0.2) is 65.4 Å². The van der Waals surface area contributed by atoms with Crippen LogP contribution in [0.3, 0.4) is 0 Å². The molecule has 0 saturated carbocycles. The van der Waals surface area contributed by atoms with Gasteiger partial charge in [0.05, 0.1) is 39.3 Å². The van der Waals surface area contributed by atoms with Crippen molar-refractivity contribution in [2.45, 2.75) is 117 Å². The van der Waals surface area contributed by atoms with E-state index in [2.05, 4.69) is 24.5 Å². The molecule has 208 valence electrons. The summed E-state index contributed by atoms with van der Waals surface area (Å²) in [6, 6.07) is 0. The number of piperazine rings is 2. The Bertz CT molecular complexity index is 328. The van der Waals surface area contributed by atoms with Gasteiger partial charge in [0.25, 0.3) is 0 Å². The van der Waals surface area contributed by atoms with E-state index < -0.39 is 0 Å². The highest BCUT2D eigenvalue weighted by Gasteiger charge is 2.12. The van der Waals surface area contributed by atoms with Crippen LogP contribution in [0.5, 0.6) is 0 Å². The first-order valence-corrected chi connectivity index (χ1v) is 14.9. The lowest BCUT2D eigenvalue weighted by molar-refractivity contribution is -0.902. The van der Waals surface area contributed by atoms with E-state index in [4.69, 9.17) is 0 Å². The lowest BCUT2D eigenvalue weighted by Gasteiger charge is -2.24. The zero-order valence-electron chi connectivity index (χ0n) is 23.1. The minimum Gasteiger partial charge on any atom is -1.00 e. The van der Waals surface area contributed by atoms with Gasteiger partial charge in [0, 0.05) is 26.2 Å². The molecule has 2 aliphatic rings. The summed E-state index contributed by atoms with van der Waals surface area (Å²) in [5, 5.41) is 6.85. The van der Waals surface area contributed by atoms with E-state index in [0.717, 1.165) is 0 Å². The summed E-state index contributed by atoms with van der Waals surface area (Å²) in [6.45, 7) is 17.7. The monoisotopic (exact) mass is 708 g/mol. The fourth-order valence-electron chi connectivity index (χ4n) is 5.08. The molecule has 2 aliphatic heterocycles. The van der Waals surface area contributed by atoms with Crippen LogP contribution in [0, 0.1) is 0 Å². The van der Waals surface area contributed by atoms with E-state index in [-0.39, 0.29) is 48.0 Å². The number of quaternary nitrogens is 2. The van der Waals surface area contributed by atoms with Gasteiger partial charge in [0.15, 0.2) is 0 Å². The number of halogens is 2. The van der Waals surface area contributed by atoms with Crippen LogP contribution >= 0.6 is 0 Å². The summed E-state index contributed by atoms with van der Waals surface area (Å²) in [4.78, 5) is 3.65. The predicted octanol–water partition coefficient (Wildman–Crippen LogP) is -2.76. The molecule has 0 amide bonds. The van der Waals surface area contributed by atoms with Gasteiger partial charge < -0.3 is 68.4 Å². The van der Waals surface area contributed by atoms with Crippen LogP contribution in [0.15, 0.2) is 0 Å². The number of hydrogen-bond acceptors (Lipinski definition) is 2. The Hall–Kier alpha value is 1.30. The first kappa shape index (κ1) is 37.5. The summed E-state index contributed by atoms with van der Waals surface area (Å²) < 4.78 is 0. The highest BCUT2D eigenvalue weighted by molar-refractivity contribution is 4.52. The van der Waals surface area contributed by atoms with Crippen LogP contribution in [0.4, 0.5) is 0 Å². The Morgan fingerprint density at radius 2 is 0.676 bits per heavy atom. The SMILES string of the molecule is CCCCCCCCCC[NH+]1CCNCC1.CCCCCCCCCC[NH+]1CCNCC1.[I-].[I-].